The van der Waals surface area contributed by atoms with E-state index in [1.54, 1.807) is 6.07 Å². The van der Waals surface area contributed by atoms with Crippen LogP contribution in [0.4, 0.5) is 34.1 Å². The molecule has 0 saturated carbocycles. The van der Waals surface area contributed by atoms with Crippen molar-refractivity contribution in [2.45, 2.75) is 25.7 Å². The second kappa shape index (κ2) is 26.6. The van der Waals surface area contributed by atoms with Crippen LogP contribution in [0.15, 0.2) is 324 Å². The predicted octanol–water partition coefficient (Wildman–Crippen LogP) is 21.4. The van der Waals surface area contributed by atoms with Crippen molar-refractivity contribution in [3.05, 3.63) is 372 Å². The van der Waals surface area contributed by atoms with Gasteiger partial charge in [-0.1, -0.05) is 286 Å². The standard InChI is InChI=1S/C37H26BrN.C31H22IN.C6H5BBrO2.2CH4/c38-33-23-11-7-19-29(33)30-20-8-12-24-34(30)39-35-25-13-9-21-31(35)37(27-15-3-1-4-16-27,28-17-5-2-6-18-28)32-22-10-14-26-36(32)39;32-27-19-9-12-22-30(27)33-28-20-10-7-17-25(28)31(23-13-3-1-4-14-23,24-15-5-2-6-16-24)26-18-8-11-21-29(26)33;8-5-3-1-2-4-6(5)10-7-9;;/h1-26H;1-22H;1-4,9H;2*1H4. The summed E-state index contributed by atoms with van der Waals surface area (Å²) >= 11 is 9.51. The summed E-state index contributed by atoms with van der Waals surface area (Å²) in [5.41, 5.74) is 18.8. The molecule has 0 aromatic heterocycles. The summed E-state index contributed by atoms with van der Waals surface area (Å²) in [6.07, 6.45) is 0. The number of halogens is 3. The molecular formula is C76H61BBr2IN2O2. The molecule has 12 aromatic carbocycles. The zero-order chi connectivity index (χ0) is 55.9. The van der Waals surface area contributed by atoms with Crippen molar-refractivity contribution in [1.82, 2.24) is 0 Å². The van der Waals surface area contributed by atoms with Gasteiger partial charge in [-0.15, -0.1) is 0 Å². The Morgan fingerprint density at radius 2 is 0.595 bits per heavy atom. The normalized spacial score (nSPS) is 12.7. The van der Waals surface area contributed by atoms with Crippen molar-refractivity contribution >= 4 is 96.3 Å². The van der Waals surface area contributed by atoms with E-state index in [1.807, 2.05) is 18.2 Å². The molecule has 12 aromatic rings. The molecule has 0 fully saturated rings. The fourth-order valence-corrected chi connectivity index (χ4v) is 13.7. The molecule has 4 nitrogen and oxygen atoms in total. The first-order valence-electron chi connectivity index (χ1n) is 27.1. The second-order valence-electron chi connectivity index (χ2n) is 19.8. The Hall–Kier alpha value is -8.25. The molecule has 0 atom stereocenters. The van der Waals surface area contributed by atoms with Crippen LogP contribution in [0.1, 0.15) is 59.4 Å². The van der Waals surface area contributed by atoms with E-state index in [0.717, 1.165) is 14.6 Å². The quantitative estimate of drug-likeness (QED) is 0.115. The monoisotopic (exact) mass is 1330 g/mol. The van der Waals surface area contributed by atoms with Gasteiger partial charge in [0, 0.05) is 13.6 Å². The van der Waals surface area contributed by atoms with Gasteiger partial charge in [0.1, 0.15) is 5.75 Å². The first-order chi connectivity index (χ1) is 40.5. The molecule has 2 aliphatic heterocycles. The van der Waals surface area contributed by atoms with Crippen LogP contribution in [0.3, 0.4) is 0 Å². The summed E-state index contributed by atoms with van der Waals surface area (Å²) in [4.78, 5) is 4.88. The van der Waals surface area contributed by atoms with E-state index in [0.29, 0.717) is 13.4 Å². The number of hydrogen-bond acceptors (Lipinski definition) is 4. The third-order valence-corrected chi connectivity index (χ3v) is 17.7. The lowest BCUT2D eigenvalue weighted by atomic mass is 9.62. The highest BCUT2D eigenvalue weighted by Gasteiger charge is 2.48. The molecule has 0 amide bonds. The van der Waals surface area contributed by atoms with Gasteiger partial charge in [-0.25, -0.2) is 0 Å². The van der Waals surface area contributed by atoms with E-state index in [1.165, 1.54) is 87.6 Å². The van der Waals surface area contributed by atoms with Gasteiger partial charge in [0.25, 0.3) is 0 Å². The molecular weight excluding hydrogens is 1270 g/mol. The Labute approximate surface area is 526 Å². The van der Waals surface area contributed by atoms with E-state index in [2.05, 4.69) is 355 Å². The van der Waals surface area contributed by atoms with Gasteiger partial charge in [-0.3, -0.25) is 0 Å². The van der Waals surface area contributed by atoms with Crippen molar-refractivity contribution in [3.63, 3.8) is 0 Å². The minimum atomic E-state index is -0.464. The molecule has 2 heterocycles. The fourth-order valence-electron chi connectivity index (χ4n) is 12.1. The molecule has 2 aliphatic rings. The van der Waals surface area contributed by atoms with E-state index < -0.39 is 10.8 Å². The highest BCUT2D eigenvalue weighted by Crippen LogP contribution is 2.60. The maximum atomic E-state index is 8.28. The predicted molar refractivity (Wildman–Crippen MR) is 368 cm³/mol. The zero-order valence-electron chi connectivity index (χ0n) is 44.5. The summed E-state index contributed by atoms with van der Waals surface area (Å²) in [6.45, 7) is 0. The van der Waals surface area contributed by atoms with Crippen LogP contribution in [0.2, 0.25) is 0 Å². The topological polar surface area (TPSA) is 35.9 Å². The Kier molecular flexibility index (Phi) is 18.6. The summed E-state index contributed by atoms with van der Waals surface area (Å²) in [5.74, 6) is 0.602. The van der Waals surface area contributed by atoms with Crippen molar-refractivity contribution < 1.29 is 9.68 Å². The van der Waals surface area contributed by atoms with Gasteiger partial charge in [0.05, 0.1) is 49.4 Å². The van der Waals surface area contributed by atoms with Crippen LogP contribution >= 0.6 is 54.5 Å². The molecule has 0 spiro atoms. The van der Waals surface area contributed by atoms with Crippen LogP contribution in [0.25, 0.3) is 11.1 Å². The minimum Gasteiger partial charge on any atom is -0.537 e. The van der Waals surface area contributed by atoms with Crippen molar-refractivity contribution in [2.75, 3.05) is 9.80 Å². The third-order valence-electron chi connectivity index (χ3n) is 15.4. The Morgan fingerprint density at radius 3 is 0.964 bits per heavy atom. The Morgan fingerprint density at radius 1 is 0.310 bits per heavy atom. The SMILES string of the molecule is Brc1ccccc1-c1ccccc1N1c2ccccc2C(c2ccccc2)(c2ccccc2)c2ccccc21.C.C.Ic1ccccc1N1c2ccccc2C(c2ccccc2)(c2ccccc2)c2ccccc21.O[B]Oc1ccccc1Br. The number of hydrogen-bond donors (Lipinski definition) is 1. The average molecular weight is 1330 g/mol. The number of rotatable bonds is 9. The highest BCUT2D eigenvalue weighted by molar-refractivity contribution is 14.1. The first kappa shape index (κ1) is 58.9. The number of anilines is 6. The summed E-state index contributed by atoms with van der Waals surface area (Å²) in [5, 5.41) is 8.28. The van der Waals surface area contributed by atoms with Crippen LogP contribution < -0.4 is 14.5 Å². The summed E-state index contributed by atoms with van der Waals surface area (Å²) in [6, 6.07) is 112. The lowest BCUT2D eigenvalue weighted by molar-refractivity contribution is 0.452. The van der Waals surface area contributed by atoms with Gasteiger partial charge in [-0.2, -0.15) is 0 Å². The molecule has 84 heavy (non-hydrogen) atoms. The van der Waals surface area contributed by atoms with Crippen molar-refractivity contribution in [2.24, 2.45) is 0 Å². The molecule has 8 heteroatoms. The van der Waals surface area contributed by atoms with Crippen LogP contribution in [0, 0.1) is 3.57 Å². The fraction of sp³-hybridized carbons (Fsp3) is 0.0526. The van der Waals surface area contributed by atoms with E-state index >= 15 is 0 Å². The Bertz CT molecular complexity index is 3970. The highest BCUT2D eigenvalue weighted by atomic mass is 127. The Balaban J connectivity index is 0.000000159. The molecule has 1 radical (unpaired) electrons. The van der Waals surface area contributed by atoms with Gasteiger partial charge in [0.2, 0.25) is 0 Å². The van der Waals surface area contributed by atoms with E-state index in [-0.39, 0.29) is 14.9 Å². The molecule has 0 saturated heterocycles. The van der Waals surface area contributed by atoms with Gasteiger partial charge >= 0.3 is 7.69 Å². The number of nitrogens with zero attached hydrogens (tertiary/aromatic N) is 2. The molecule has 14 rings (SSSR count). The van der Waals surface area contributed by atoms with Crippen molar-refractivity contribution in [3.8, 4) is 16.9 Å². The number of benzene rings is 12. The molecule has 1 N–H and O–H groups in total. The molecule has 0 bridgehead atoms. The van der Waals surface area contributed by atoms with Gasteiger partial charge in [-0.05, 0) is 149 Å². The maximum Gasteiger partial charge on any atom is 0.569 e. The van der Waals surface area contributed by atoms with Gasteiger partial charge < -0.3 is 19.5 Å². The van der Waals surface area contributed by atoms with Crippen LogP contribution in [0.5, 0.6) is 5.75 Å². The average Bonchev–Trinajstić information content (AvgIpc) is 0.754. The van der Waals surface area contributed by atoms with E-state index in [4.69, 9.17) is 9.68 Å². The molecule has 0 unspecified atom stereocenters. The van der Waals surface area contributed by atoms with Gasteiger partial charge in [0.15, 0.2) is 0 Å². The lowest BCUT2D eigenvalue weighted by Crippen LogP contribution is -2.37. The largest absolute Gasteiger partial charge is 0.569 e. The van der Waals surface area contributed by atoms with Crippen LogP contribution in [-0.2, 0) is 10.8 Å². The zero-order valence-corrected chi connectivity index (χ0v) is 49.8. The second-order valence-corrected chi connectivity index (χ2v) is 22.7. The van der Waals surface area contributed by atoms with Crippen molar-refractivity contribution in [1.29, 1.82) is 0 Å². The number of para-hydroxylation sites is 7. The maximum absolute atomic E-state index is 8.28. The van der Waals surface area contributed by atoms with E-state index in [9.17, 15) is 0 Å². The van der Waals surface area contributed by atoms with Crippen LogP contribution in [-0.4, -0.2) is 12.7 Å². The summed E-state index contributed by atoms with van der Waals surface area (Å²) in [7, 11) is 0.653. The molecule has 0 aliphatic carbocycles. The minimum absolute atomic E-state index is 0. The number of fused-ring (bicyclic) bond motifs is 4. The first-order valence-corrected chi connectivity index (χ1v) is 29.8. The molecule has 411 valence electrons. The smallest absolute Gasteiger partial charge is 0.537 e. The lowest BCUT2D eigenvalue weighted by Gasteiger charge is -2.46. The third kappa shape index (κ3) is 10.7. The summed E-state index contributed by atoms with van der Waals surface area (Å²) < 4.78 is 7.85.